The molecular weight excluding hydrogens is 416 g/mol. The molecule has 0 aliphatic carbocycles. The molecule has 0 radical (unpaired) electrons. The smallest absolute Gasteiger partial charge is 0.261 e. The van der Waals surface area contributed by atoms with Gasteiger partial charge in [0.15, 0.2) is 0 Å². The molecule has 2 atom stereocenters. The van der Waals surface area contributed by atoms with E-state index in [1.807, 2.05) is 71.4 Å². The number of aromatic nitrogens is 3. The van der Waals surface area contributed by atoms with Gasteiger partial charge in [-0.1, -0.05) is 48.5 Å². The van der Waals surface area contributed by atoms with E-state index < -0.39 is 0 Å². The van der Waals surface area contributed by atoms with E-state index in [9.17, 15) is 4.79 Å². The third kappa shape index (κ3) is 3.82. The lowest BCUT2D eigenvalue weighted by atomic mass is 9.91. The minimum atomic E-state index is -0.214. The molecule has 2 heterocycles. The number of anilines is 1. The molecule has 0 unspecified atom stereocenters. The van der Waals surface area contributed by atoms with Crippen molar-refractivity contribution in [2.75, 3.05) is 19.1 Å². The molecule has 0 saturated carbocycles. The van der Waals surface area contributed by atoms with Crippen LogP contribution in [0, 0.1) is 0 Å². The Morgan fingerprint density at radius 3 is 2.30 bits per heavy atom. The lowest BCUT2D eigenvalue weighted by Gasteiger charge is -2.39. The Labute approximate surface area is 192 Å². The lowest BCUT2D eigenvalue weighted by Crippen LogP contribution is -2.42. The van der Waals surface area contributed by atoms with Crippen molar-refractivity contribution < 1.29 is 14.3 Å². The summed E-state index contributed by atoms with van der Waals surface area (Å²) in [6.07, 6.45) is 2.16. The Morgan fingerprint density at radius 1 is 0.848 bits per heavy atom. The van der Waals surface area contributed by atoms with E-state index in [-0.39, 0.29) is 18.0 Å². The molecule has 33 heavy (non-hydrogen) atoms. The topological polar surface area (TPSA) is 69.5 Å². The van der Waals surface area contributed by atoms with Crippen molar-refractivity contribution in [2.45, 2.75) is 18.5 Å². The van der Waals surface area contributed by atoms with E-state index in [4.69, 9.17) is 9.47 Å². The highest BCUT2D eigenvalue weighted by Crippen LogP contribution is 2.42. The summed E-state index contributed by atoms with van der Waals surface area (Å²) in [7, 11) is 3.24. The molecule has 1 aliphatic heterocycles. The number of ether oxygens (including phenoxy) is 2. The van der Waals surface area contributed by atoms with E-state index in [0.717, 1.165) is 16.9 Å². The zero-order chi connectivity index (χ0) is 22.8. The summed E-state index contributed by atoms with van der Waals surface area (Å²) in [5.74, 6) is 1.79. The molecule has 0 N–H and O–H groups in total. The zero-order valence-electron chi connectivity index (χ0n) is 18.5. The summed E-state index contributed by atoms with van der Waals surface area (Å²) in [6.45, 7) is 0. The first kappa shape index (κ1) is 20.8. The Kier molecular flexibility index (Phi) is 5.52. The first-order chi connectivity index (χ1) is 16.2. The van der Waals surface area contributed by atoms with Crippen LogP contribution in [0.15, 0.2) is 85.2 Å². The third-order valence-electron chi connectivity index (χ3n) is 6.04. The van der Waals surface area contributed by atoms with E-state index in [2.05, 4.69) is 10.1 Å². The fraction of sp³-hybridized carbons (Fsp3) is 0.192. The maximum Gasteiger partial charge on any atom is 0.261 e. The van der Waals surface area contributed by atoms with Gasteiger partial charge in [0.1, 0.15) is 17.8 Å². The van der Waals surface area contributed by atoms with Gasteiger partial charge in [0.2, 0.25) is 5.95 Å². The minimum Gasteiger partial charge on any atom is -0.497 e. The summed E-state index contributed by atoms with van der Waals surface area (Å²) in [6, 6.07) is 24.9. The highest BCUT2D eigenvalue weighted by Gasteiger charge is 2.39. The molecule has 7 heteroatoms. The van der Waals surface area contributed by atoms with E-state index >= 15 is 0 Å². The number of carbonyl (C=O) groups is 1. The number of hydrogen-bond donors (Lipinski definition) is 0. The largest absolute Gasteiger partial charge is 0.497 e. The number of amides is 1. The molecule has 7 nitrogen and oxygen atoms in total. The van der Waals surface area contributed by atoms with Gasteiger partial charge in [0.25, 0.3) is 5.91 Å². The molecule has 3 aromatic carbocycles. The maximum absolute atomic E-state index is 13.8. The summed E-state index contributed by atoms with van der Waals surface area (Å²) >= 11 is 0. The maximum atomic E-state index is 13.8. The predicted octanol–water partition coefficient (Wildman–Crippen LogP) is 4.68. The van der Waals surface area contributed by atoms with Crippen molar-refractivity contribution in [3.05, 3.63) is 102 Å². The average molecular weight is 441 g/mol. The van der Waals surface area contributed by atoms with Gasteiger partial charge >= 0.3 is 0 Å². The number of benzene rings is 3. The molecule has 4 aromatic rings. The predicted molar refractivity (Wildman–Crippen MR) is 125 cm³/mol. The first-order valence-corrected chi connectivity index (χ1v) is 10.8. The second kappa shape index (κ2) is 8.78. The van der Waals surface area contributed by atoms with Crippen LogP contribution in [0.25, 0.3) is 0 Å². The second-order valence-corrected chi connectivity index (χ2v) is 7.86. The Morgan fingerprint density at radius 2 is 1.58 bits per heavy atom. The standard InChI is InChI=1S/C26H24N4O3/c1-32-21-13-11-19(12-14-21)24-16-23(18-7-4-3-5-8-18)29(26-27-17-28-30(24)26)25(31)20-9-6-10-22(15-20)33-2/h3-15,17,23-24H,16H2,1-2H3/t23-,24-/m0/s1. The summed E-state index contributed by atoms with van der Waals surface area (Å²) in [4.78, 5) is 20.1. The van der Waals surface area contributed by atoms with Crippen molar-refractivity contribution in [2.24, 2.45) is 0 Å². The SMILES string of the molecule is COc1ccc([C@@H]2C[C@@H](c3ccccc3)N(C(=O)c3cccc(OC)c3)c3ncnn32)cc1. The third-order valence-corrected chi connectivity index (χ3v) is 6.04. The van der Waals surface area contributed by atoms with Crippen molar-refractivity contribution in [3.8, 4) is 11.5 Å². The van der Waals surface area contributed by atoms with E-state index in [0.29, 0.717) is 23.7 Å². The van der Waals surface area contributed by atoms with Gasteiger partial charge in [-0.25, -0.2) is 4.68 Å². The van der Waals surface area contributed by atoms with Crippen LogP contribution in [0.5, 0.6) is 11.5 Å². The van der Waals surface area contributed by atoms with Gasteiger partial charge in [-0.2, -0.15) is 10.1 Å². The molecule has 0 fully saturated rings. The summed E-state index contributed by atoms with van der Waals surface area (Å²) in [5, 5.41) is 4.50. The van der Waals surface area contributed by atoms with Crippen molar-refractivity contribution in [1.82, 2.24) is 14.8 Å². The molecule has 5 rings (SSSR count). The fourth-order valence-corrected chi connectivity index (χ4v) is 4.38. The van der Waals surface area contributed by atoms with Crippen LogP contribution in [-0.4, -0.2) is 34.9 Å². The van der Waals surface area contributed by atoms with Gasteiger partial charge in [-0.15, -0.1) is 0 Å². The summed E-state index contributed by atoms with van der Waals surface area (Å²) < 4.78 is 12.5. The van der Waals surface area contributed by atoms with Crippen LogP contribution < -0.4 is 14.4 Å². The van der Waals surface area contributed by atoms with E-state index in [1.165, 1.54) is 6.33 Å². The highest BCUT2D eigenvalue weighted by molar-refractivity contribution is 6.06. The average Bonchev–Trinajstić information content (AvgIpc) is 3.38. The number of methoxy groups -OCH3 is 2. The first-order valence-electron chi connectivity index (χ1n) is 10.8. The van der Waals surface area contributed by atoms with Gasteiger partial charge in [0.05, 0.1) is 26.3 Å². The van der Waals surface area contributed by atoms with Crippen molar-refractivity contribution >= 4 is 11.9 Å². The number of nitrogens with zero attached hydrogens (tertiary/aromatic N) is 4. The van der Waals surface area contributed by atoms with Gasteiger partial charge in [0, 0.05) is 5.56 Å². The second-order valence-electron chi connectivity index (χ2n) is 7.86. The molecule has 0 bridgehead atoms. The molecule has 1 aliphatic rings. The van der Waals surface area contributed by atoms with Crippen LogP contribution in [0.2, 0.25) is 0 Å². The fourth-order valence-electron chi connectivity index (χ4n) is 4.38. The highest BCUT2D eigenvalue weighted by atomic mass is 16.5. The van der Waals surface area contributed by atoms with Crippen molar-refractivity contribution in [3.63, 3.8) is 0 Å². The zero-order valence-corrected chi connectivity index (χ0v) is 18.5. The van der Waals surface area contributed by atoms with Gasteiger partial charge < -0.3 is 9.47 Å². The molecule has 0 spiro atoms. The molecule has 1 amide bonds. The van der Waals surface area contributed by atoms with Crippen LogP contribution in [-0.2, 0) is 0 Å². The van der Waals surface area contributed by atoms with Crippen molar-refractivity contribution in [1.29, 1.82) is 0 Å². The van der Waals surface area contributed by atoms with Crippen LogP contribution in [0.1, 0.15) is 40.0 Å². The quantitative estimate of drug-likeness (QED) is 0.451. The number of rotatable bonds is 5. The molecule has 1 aromatic heterocycles. The molecular formula is C26H24N4O3. The van der Waals surface area contributed by atoms with Gasteiger partial charge in [-0.3, -0.25) is 9.69 Å². The number of carbonyl (C=O) groups excluding carboxylic acids is 1. The van der Waals surface area contributed by atoms with Crippen LogP contribution >= 0.6 is 0 Å². The summed E-state index contributed by atoms with van der Waals surface area (Å²) in [5.41, 5.74) is 2.66. The van der Waals surface area contributed by atoms with Gasteiger partial charge in [-0.05, 0) is 47.9 Å². The van der Waals surface area contributed by atoms with E-state index in [1.54, 1.807) is 31.3 Å². The molecule has 166 valence electrons. The Hall–Kier alpha value is -4.13. The monoisotopic (exact) mass is 440 g/mol. The molecule has 0 saturated heterocycles. The Bertz CT molecular complexity index is 1250. The normalized spacial score (nSPS) is 17.3. The van der Waals surface area contributed by atoms with Crippen LogP contribution in [0.3, 0.4) is 0 Å². The van der Waals surface area contributed by atoms with Crippen LogP contribution in [0.4, 0.5) is 5.95 Å². The number of fused-ring (bicyclic) bond motifs is 1. The minimum absolute atomic E-state index is 0.0760. The Balaban J connectivity index is 1.62. The number of hydrogen-bond acceptors (Lipinski definition) is 5. The lowest BCUT2D eigenvalue weighted by molar-refractivity contribution is 0.0963.